The van der Waals surface area contributed by atoms with Gasteiger partial charge in [-0.1, -0.05) is 64.4 Å². The number of aromatic hydroxyl groups is 1. The summed E-state index contributed by atoms with van der Waals surface area (Å²) in [6.45, 7) is 2.79. The molecule has 3 heteroatoms. The highest BCUT2D eigenvalue weighted by molar-refractivity contribution is 5.42. The van der Waals surface area contributed by atoms with E-state index >= 15 is 0 Å². The van der Waals surface area contributed by atoms with E-state index in [-0.39, 0.29) is 5.41 Å². The Labute approximate surface area is 207 Å². The minimum absolute atomic E-state index is 0.101. The monoisotopic (exact) mass is 468 g/mol. The topological polar surface area (TPSA) is 60.7 Å². The van der Waals surface area contributed by atoms with E-state index in [2.05, 4.69) is 19.1 Å². The molecular formula is C31H48O3. The number of unbranched alkanes of at least 4 members (excludes halogenated alkanes) is 8. The van der Waals surface area contributed by atoms with Crippen molar-refractivity contribution in [3.05, 3.63) is 29.3 Å². The van der Waals surface area contributed by atoms with Crippen LogP contribution in [0.15, 0.2) is 18.2 Å². The molecule has 5 rings (SSSR count). The molecule has 34 heavy (non-hydrogen) atoms. The number of phenols is 1. The van der Waals surface area contributed by atoms with Gasteiger partial charge in [-0.05, 0) is 104 Å². The van der Waals surface area contributed by atoms with Crippen molar-refractivity contribution in [1.82, 2.24) is 0 Å². The Morgan fingerprint density at radius 2 is 1.50 bits per heavy atom. The SMILES string of the molecule is C[C@]12CC[C@@H]3c4ccc(O)cc4C[C@@H](CCCCCCCCCCCO)[C@H]3C13CCC2(O)CC3. The molecule has 0 aromatic heterocycles. The molecule has 0 spiro atoms. The highest BCUT2D eigenvalue weighted by atomic mass is 16.3. The molecule has 0 heterocycles. The van der Waals surface area contributed by atoms with E-state index in [1.807, 2.05) is 6.07 Å². The van der Waals surface area contributed by atoms with Crippen molar-refractivity contribution in [3.8, 4) is 5.75 Å². The molecular weight excluding hydrogens is 420 g/mol. The Kier molecular flexibility index (Phi) is 7.08. The van der Waals surface area contributed by atoms with Crippen LogP contribution in [0.2, 0.25) is 0 Å². The number of aliphatic hydroxyl groups excluding tert-OH is 1. The second kappa shape index (κ2) is 9.77. The first-order valence-electron chi connectivity index (χ1n) is 14.6. The van der Waals surface area contributed by atoms with Gasteiger partial charge in [0.25, 0.3) is 0 Å². The third-order valence-electron chi connectivity index (χ3n) is 11.4. The number of rotatable bonds is 11. The lowest BCUT2D eigenvalue weighted by molar-refractivity contribution is -0.113. The molecule has 0 unspecified atom stereocenters. The van der Waals surface area contributed by atoms with Crippen LogP contribution in [0.1, 0.15) is 127 Å². The average Bonchev–Trinajstić information content (AvgIpc) is 3.20. The van der Waals surface area contributed by atoms with Crippen molar-refractivity contribution >= 4 is 0 Å². The van der Waals surface area contributed by atoms with Crippen LogP contribution in [0.25, 0.3) is 0 Å². The molecule has 4 atom stereocenters. The summed E-state index contributed by atoms with van der Waals surface area (Å²) in [6, 6.07) is 6.19. The smallest absolute Gasteiger partial charge is 0.115 e. The van der Waals surface area contributed by atoms with Gasteiger partial charge in [-0.25, -0.2) is 0 Å². The van der Waals surface area contributed by atoms with Gasteiger partial charge >= 0.3 is 0 Å². The molecule has 3 saturated carbocycles. The Hall–Kier alpha value is -1.06. The molecule has 190 valence electrons. The maximum Gasteiger partial charge on any atom is 0.115 e. The highest BCUT2D eigenvalue weighted by Gasteiger charge is 2.74. The second-order valence-corrected chi connectivity index (χ2v) is 12.7. The normalized spacial score (nSPS) is 37.9. The van der Waals surface area contributed by atoms with E-state index in [4.69, 9.17) is 5.11 Å². The Morgan fingerprint density at radius 3 is 2.18 bits per heavy atom. The number of hydrogen-bond acceptors (Lipinski definition) is 3. The van der Waals surface area contributed by atoms with Crippen LogP contribution in [0.5, 0.6) is 5.75 Å². The largest absolute Gasteiger partial charge is 0.508 e. The maximum absolute atomic E-state index is 11.6. The van der Waals surface area contributed by atoms with Crippen molar-refractivity contribution in [1.29, 1.82) is 0 Å². The fourth-order valence-corrected chi connectivity index (χ4v) is 9.57. The quantitative estimate of drug-likeness (QED) is 0.299. The van der Waals surface area contributed by atoms with Gasteiger partial charge in [0.05, 0.1) is 5.60 Å². The zero-order valence-corrected chi connectivity index (χ0v) is 21.5. The molecule has 1 aromatic carbocycles. The van der Waals surface area contributed by atoms with Crippen LogP contribution in [0, 0.1) is 22.7 Å². The molecule has 1 aromatic rings. The van der Waals surface area contributed by atoms with Crippen LogP contribution in [-0.4, -0.2) is 27.5 Å². The Bertz CT molecular complexity index is 839. The molecule has 3 N–H and O–H groups in total. The summed E-state index contributed by atoms with van der Waals surface area (Å²) in [6.07, 6.45) is 20.7. The molecule has 3 fully saturated rings. The van der Waals surface area contributed by atoms with Crippen LogP contribution >= 0.6 is 0 Å². The van der Waals surface area contributed by atoms with Gasteiger partial charge in [0, 0.05) is 12.0 Å². The van der Waals surface area contributed by atoms with Crippen molar-refractivity contribution in [3.63, 3.8) is 0 Å². The number of hydrogen-bond donors (Lipinski definition) is 3. The molecule has 0 saturated heterocycles. The van der Waals surface area contributed by atoms with Gasteiger partial charge in [-0.2, -0.15) is 0 Å². The Balaban J connectivity index is 1.25. The van der Waals surface area contributed by atoms with Crippen LogP contribution < -0.4 is 0 Å². The minimum Gasteiger partial charge on any atom is -0.508 e. The standard InChI is InChI=1S/C31H48O3/c1-29-15-14-27-26-13-12-25(33)22-24(26)21-23(11-9-7-5-3-2-4-6-8-10-20-32)28(27)30(29)16-18-31(29,34)19-17-30/h12-13,22-23,27-28,32-34H,2-11,14-21H2,1H3/t23-,27-,28-,29+,30?,31?/m1/s1. The molecule has 0 amide bonds. The molecule has 3 nitrogen and oxygen atoms in total. The van der Waals surface area contributed by atoms with Gasteiger partial charge in [-0.15, -0.1) is 0 Å². The molecule has 4 aliphatic rings. The van der Waals surface area contributed by atoms with Crippen molar-refractivity contribution < 1.29 is 15.3 Å². The second-order valence-electron chi connectivity index (χ2n) is 12.7. The first kappa shape index (κ1) is 24.6. The van der Waals surface area contributed by atoms with E-state index in [0.29, 0.717) is 35.5 Å². The van der Waals surface area contributed by atoms with E-state index in [9.17, 15) is 10.2 Å². The fraction of sp³-hybridized carbons (Fsp3) is 0.806. The minimum atomic E-state index is -0.422. The van der Waals surface area contributed by atoms with E-state index < -0.39 is 5.60 Å². The first-order valence-corrected chi connectivity index (χ1v) is 14.6. The zero-order valence-electron chi connectivity index (χ0n) is 21.5. The van der Waals surface area contributed by atoms with Gasteiger partial charge in [0.15, 0.2) is 0 Å². The van der Waals surface area contributed by atoms with Crippen LogP contribution in [-0.2, 0) is 6.42 Å². The summed E-state index contributed by atoms with van der Waals surface area (Å²) >= 11 is 0. The lowest BCUT2D eigenvalue weighted by Crippen LogP contribution is -2.54. The summed E-state index contributed by atoms with van der Waals surface area (Å²) in [4.78, 5) is 0. The summed E-state index contributed by atoms with van der Waals surface area (Å²) in [5.74, 6) is 2.43. The van der Waals surface area contributed by atoms with Crippen LogP contribution in [0.4, 0.5) is 0 Å². The third kappa shape index (κ3) is 3.94. The lowest BCUT2D eigenvalue weighted by atomic mass is 9.45. The number of benzene rings is 1. The highest BCUT2D eigenvalue weighted by Crippen LogP contribution is 2.78. The predicted molar refractivity (Wildman–Crippen MR) is 138 cm³/mol. The van der Waals surface area contributed by atoms with Crippen molar-refractivity contribution in [2.24, 2.45) is 22.7 Å². The lowest BCUT2D eigenvalue weighted by Gasteiger charge is -2.59. The average molecular weight is 469 g/mol. The number of aliphatic hydroxyl groups is 2. The van der Waals surface area contributed by atoms with Crippen molar-refractivity contribution in [2.45, 2.75) is 128 Å². The summed E-state index contributed by atoms with van der Waals surface area (Å²) in [7, 11) is 0. The zero-order chi connectivity index (χ0) is 23.8. The van der Waals surface area contributed by atoms with Crippen LogP contribution in [0.3, 0.4) is 0 Å². The Morgan fingerprint density at radius 1 is 0.853 bits per heavy atom. The van der Waals surface area contributed by atoms with Gasteiger partial charge in [0.2, 0.25) is 0 Å². The fourth-order valence-electron chi connectivity index (χ4n) is 9.57. The van der Waals surface area contributed by atoms with Gasteiger partial charge < -0.3 is 15.3 Å². The molecule has 0 radical (unpaired) electrons. The summed E-state index contributed by atoms with van der Waals surface area (Å²) in [5, 5.41) is 30.7. The number of fused-ring (bicyclic) bond motifs is 3. The van der Waals surface area contributed by atoms with E-state index in [1.165, 1.54) is 88.2 Å². The molecule has 2 bridgehead atoms. The maximum atomic E-state index is 11.6. The van der Waals surface area contributed by atoms with Crippen molar-refractivity contribution in [2.75, 3.05) is 6.61 Å². The summed E-state index contributed by atoms with van der Waals surface area (Å²) < 4.78 is 0. The first-order chi connectivity index (χ1) is 16.4. The van der Waals surface area contributed by atoms with Gasteiger partial charge in [-0.3, -0.25) is 0 Å². The molecule has 4 aliphatic carbocycles. The van der Waals surface area contributed by atoms with Gasteiger partial charge in [0.1, 0.15) is 5.75 Å². The number of phenolic OH excluding ortho intramolecular Hbond substituents is 1. The predicted octanol–water partition coefficient (Wildman–Crippen LogP) is 7.26. The van der Waals surface area contributed by atoms with E-state index in [0.717, 1.165) is 32.1 Å². The molecule has 0 aliphatic heterocycles. The summed E-state index contributed by atoms with van der Waals surface area (Å²) in [5.41, 5.74) is 2.91. The third-order valence-corrected chi connectivity index (χ3v) is 11.4. The van der Waals surface area contributed by atoms with E-state index in [1.54, 1.807) is 0 Å².